The summed E-state index contributed by atoms with van der Waals surface area (Å²) in [5.74, 6) is -1.88. The quantitative estimate of drug-likeness (QED) is 0.386. The zero-order chi connectivity index (χ0) is 25.3. The van der Waals surface area contributed by atoms with Crippen LogP contribution in [0.5, 0.6) is 17.2 Å². The first-order chi connectivity index (χ1) is 16.7. The van der Waals surface area contributed by atoms with E-state index in [9.17, 15) is 18.8 Å². The van der Waals surface area contributed by atoms with Gasteiger partial charge in [-0.25, -0.2) is 9.37 Å². The number of primary amides is 1. The fraction of sp³-hybridized carbons (Fsp3) is 0.125. The second-order valence-electron chi connectivity index (χ2n) is 7.57. The molecule has 4 aromatic rings. The number of methoxy groups -OCH3 is 1. The van der Waals surface area contributed by atoms with E-state index in [1.54, 1.807) is 12.1 Å². The highest BCUT2D eigenvalue weighted by molar-refractivity contribution is 6.06. The van der Waals surface area contributed by atoms with Gasteiger partial charge in [0.15, 0.2) is 17.3 Å². The number of hydrogen-bond donors (Lipinski definition) is 3. The average Bonchev–Trinajstić information content (AvgIpc) is 2.80. The van der Waals surface area contributed by atoms with Crippen LogP contribution in [0.1, 0.15) is 32.1 Å². The maximum atomic E-state index is 14.8. The molecule has 178 valence electrons. The van der Waals surface area contributed by atoms with Crippen molar-refractivity contribution in [1.82, 2.24) is 15.0 Å². The summed E-state index contributed by atoms with van der Waals surface area (Å²) in [6.45, 7) is 3.01. The zero-order valence-corrected chi connectivity index (χ0v) is 18.9. The van der Waals surface area contributed by atoms with Crippen molar-refractivity contribution >= 4 is 28.5 Å². The van der Waals surface area contributed by atoms with Gasteiger partial charge in [0.25, 0.3) is 11.8 Å². The van der Waals surface area contributed by atoms with Crippen LogP contribution in [-0.4, -0.2) is 33.9 Å². The van der Waals surface area contributed by atoms with Crippen LogP contribution in [0.3, 0.4) is 0 Å². The summed E-state index contributed by atoms with van der Waals surface area (Å²) < 4.78 is 25.7. The Bertz CT molecular complexity index is 1550. The number of nitrogens with two attached hydrogens (primary N) is 1. The molecule has 10 nitrogen and oxygen atoms in total. The van der Waals surface area contributed by atoms with E-state index in [2.05, 4.69) is 20.3 Å². The van der Waals surface area contributed by atoms with Crippen molar-refractivity contribution in [2.24, 2.45) is 5.73 Å². The lowest BCUT2D eigenvalue weighted by atomic mass is 10.1. The minimum absolute atomic E-state index is 0.0716. The van der Waals surface area contributed by atoms with Crippen LogP contribution < -0.4 is 26.0 Å². The Morgan fingerprint density at radius 2 is 1.80 bits per heavy atom. The molecule has 4 N–H and O–H groups in total. The Kier molecular flexibility index (Phi) is 6.15. The van der Waals surface area contributed by atoms with E-state index in [-0.39, 0.29) is 39.7 Å². The fourth-order valence-corrected chi connectivity index (χ4v) is 3.60. The van der Waals surface area contributed by atoms with Gasteiger partial charge in [0, 0.05) is 41.5 Å². The fourth-order valence-electron chi connectivity index (χ4n) is 3.60. The number of hydrogen-bond acceptors (Lipinski definition) is 7. The minimum atomic E-state index is -0.957. The highest BCUT2D eigenvalue weighted by atomic mass is 19.1. The van der Waals surface area contributed by atoms with Crippen molar-refractivity contribution in [3.63, 3.8) is 0 Å². The zero-order valence-electron chi connectivity index (χ0n) is 18.9. The number of H-pyrrole nitrogens is 1. The number of nitrogens with one attached hydrogen (secondary N) is 2. The summed E-state index contributed by atoms with van der Waals surface area (Å²) in [5, 5.41) is 2.46. The number of carbonyl (C=O) groups excluding carboxylic acids is 2. The molecule has 0 saturated carbocycles. The van der Waals surface area contributed by atoms with E-state index >= 15 is 0 Å². The molecule has 0 aliphatic carbocycles. The SMILES string of the molecule is COc1cnc2c(Oc3ccc(NC(=O)c4c(C)[nH]c(C)c(C(N)=O)c4=O)cc3F)ccnc2c1. The van der Waals surface area contributed by atoms with Crippen LogP contribution in [-0.2, 0) is 0 Å². The summed E-state index contributed by atoms with van der Waals surface area (Å²) in [4.78, 5) is 48.3. The van der Waals surface area contributed by atoms with E-state index in [1.165, 1.54) is 45.5 Å². The molecule has 0 aliphatic rings. The molecule has 0 spiro atoms. The van der Waals surface area contributed by atoms with Crippen molar-refractivity contribution < 1.29 is 23.5 Å². The molecule has 2 amide bonds. The second kappa shape index (κ2) is 9.21. The maximum absolute atomic E-state index is 14.8. The smallest absolute Gasteiger partial charge is 0.261 e. The van der Waals surface area contributed by atoms with Crippen molar-refractivity contribution in [2.75, 3.05) is 12.4 Å². The second-order valence-corrected chi connectivity index (χ2v) is 7.57. The molecule has 0 saturated heterocycles. The first-order valence-electron chi connectivity index (χ1n) is 10.3. The number of aromatic nitrogens is 3. The van der Waals surface area contributed by atoms with Gasteiger partial charge in [-0.3, -0.25) is 19.4 Å². The number of carbonyl (C=O) groups is 2. The highest BCUT2D eigenvalue weighted by Gasteiger charge is 2.22. The summed E-state index contributed by atoms with van der Waals surface area (Å²) >= 11 is 0. The number of rotatable bonds is 6. The third kappa shape index (κ3) is 4.51. The first kappa shape index (κ1) is 23.4. The average molecular weight is 477 g/mol. The van der Waals surface area contributed by atoms with Gasteiger partial charge in [0.2, 0.25) is 5.43 Å². The van der Waals surface area contributed by atoms with Gasteiger partial charge in [0.05, 0.1) is 18.8 Å². The Labute approximate surface area is 197 Å². The van der Waals surface area contributed by atoms with Gasteiger partial charge < -0.3 is 25.5 Å². The molecule has 11 heteroatoms. The van der Waals surface area contributed by atoms with Crippen LogP contribution >= 0.6 is 0 Å². The van der Waals surface area contributed by atoms with E-state index in [0.29, 0.717) is 16.8 Å². The molecule has 0 fully saturated rings. The number of benzene rings is 1. The van der Waals surface area contributed by atoms with Crippen molar-refractivity contribution in [3.05, 3.63) is 81.3 Å². The standard InChI is InChI=1S/C24H20FN5O5/c1-11-19(23(26)32)22(31)20(12(2)29-11)24(33)30-13-4-5-17(15(25)8-13)35-18-6-7-27-16-9-14(34-3)10-28-21(16)18/h4-10H,1-3H3,(H2,26,32)(H,29,31)(H,30,33). The van der Waals surface area contributed by atoms with E-state index in [1.807, 2.05) is 0 Å². The summed E-state index contributed by atoms with van der Waals surface area (Å²) in [6, 6.07) is 6.98. The topological polar surface area (TPSA) is 149 Å². The first-order valence-corrected chi connectivity index (χ1v) is 10.3. The normalized spacial score (nSPS) is 10.7. The van der Waals surface area contributed by atoms with Crippen LogP contribution in [0.25, 0.3) is 11.0 Å². The van der Waals surface area contributed by atoms with Gasteiger partial charge >= 0.3 is 0 Å². The lowest BCUT2D eigenvalue weighted by molar-refractivity contribution is 0.0998. The number of halogens is 1. The Hall–Kier alpha value is -4.80. The summed E-state index contributed by atoms with van der Waals surface area (Å²) in [5.41, 5.74) is 5.32. The van der Waals surface area contributed by atoms with Gasteiger partial charge in [0.1, 0.15) is 22.4 Å². The third-order valence-electron chi connectivity index (χ3n) is 5.21. The molecule has 0 unspecified atom stereocenters. The van der Waals surface area contributed by atoms with Crippen LogP contribution in [0.4, 0.5) is 10.1 Å². The Morgan fingerprint density at radius 1 is 1.06 bits per heavy atom. The molecule has 0 aliphatic heterocycles. The number of aryl methyl sites for hydroxylation is 2. The lowest BCUT2D eigenvalue weighted by Crippen LogP contribution is -2.31. The predicted molar refractivity (Wildman–Crippen MR) is 126 cm³/mol. The lowest BCUT2D eigenvalue weighted by Gasteiger charge is -2.12. The Balaban J connectivity index is 1.60. The molecule has 3 heterocycles. The molecular formula is C24H20FN5O5. The van der Waals surface area contributed by atoms with Crippen molar-refractivity contribution in [3.8, 4) is 17.2 Å². The van der Waals surface area contributed by atoms with E-state index in [0.717, 1.165) is 6.07 Å². The van der Waals surface area contributed by atoms with Gasteiger partial charge in [-0.05, 0) is 26.0 Å². The molecule has 0 radical (unpaired) electrons. The maximum Gasteiger partial charge on any atom is 0.261 e. The minimum Gasteiger partial charge on any atom is -0.495 e. The number of ether oxygens (including phenoxy) is 2. The van der Waals surface area contributed by atoms with E-state index in [4.69, 9.17) is 15.2 Å². The number of anilines is 1. The number of fused-ring (bicyclic) bond motifs is 1. The van der Waals surface area contributed by atoms with Crippen molar-refractivity contribution in [1.29, 1.82) is 0 Å². The molecule has 4 rings (SSSR count). The van der Waals surface area contributed by atoms with E-state index < -0.39 is 23.1 Å². The monoisotopic (exact) mass is 477 g/mol. The van der Waals surface area contributed by atoms with Crippen molar-refractivity contribution in [2.45, 2.75) is 13.8 Å². The molecule has 0 atom stereocenters. The number of pyridine rings is 3. The number of nitrogens with zero attached hydrogens (tertiary/aromatic N) is 2. The van der Waals surface area contributed by atoms with Crippen LogP contribution in [0.2, 0.25) is 0 Å². The number of aromatic amines is 1. The van der Waals surface area contributed by atoms with Gasteiger partial charge in [-0.2, -0.15) is 0 Å². The van der Waals surface area contributed by atoms with Crippen LogP contribution in [0.15, 0.2) is 47.5 Å². The largest absolute Gasteiger partial charge is 0.495 e. The predicted octanol–water partition coefficient (Wildman–Crippen LogP) is 3.23. The molecule has 3 aromatic heterocycles. The van der Waals surface area contributed by atoms with Gasteiger partial charge in [-0.1, -0.05) is 0 Å². The van der Waals surface area contributed by atoms with Gasteiger partial charge in [-0.15, -0.1) is 0 Å². The summed E-state index contributed by atoms with van der Waals surface area (Å²) in [6.07, 6.45) is 2.98. The Morgan fingerprint density at radius 3 is 2.49 bits per heavy atom. The highest BCUT2D eigenvalue weighted by Crippen LogP contribution is 2.31. The molecule has 1 aromatic carbocycles. The third-order valence-corrected chi connectivity index (χ3v) is 5.21. The molecule has 0 bridgehead atoms. The summed E-state index contributed by atoms with van der Waals surface area (Å²) in [7, 11) is 1.51. The molecule has 35 heavy (non-hydrogen) atoms. The van der Waals surface area contributed by atoms with Crippen LogP contribution in [0, 0.1) is 19.7 Å². The molecular weight excluding hydrogens is 457 g/mol. The number of amides is 2.